The van der Waals surface area contributed by atoms with Gasteiger partial charge in [0.2, 0.25) is 11.8 Å². The van der Waals surface area contributed by atoms with Gasteiger partial charge in [-0.05, 0) is 18.9 Å². The Morgan fingerprint density at radius 1 is 1.23 bits per heavy atom. The van der Waals surface area contributed by atoms with Crippen LogP contribution in [0.15, 0.2) is 23.0 Å². The van der Waals surface area contributed by atoms with E-state index >= 15 is 0 Å². The highest BCUT2D eigenvalue weighted by atomic mass is 16.5. The van der Waals surface area contributed by atoms with Crippen LogP contribution >= 0.6 is 0 Å². The summed E-state index contributed by atoms with van der Waals surface area (Å²) in [5.41, 5.74) is 1.45. The van der Waals surface area contributed by atoms with E-state index in [0.29, 0.717) is 30.3 Å². The van der Waals surface area contributed by atoms with Gasteiger partial charge >= 0.3 is 0 Å². The van der Waals surface area contributed by atoms with Crippen molar-refractivity contribution in [1.82, 2.24) is 20.0 Å². The monoisotopic (exact) mass is 350 g/mol. The van der Waals surface area contributed by atoms with Gasteiger partial charge in [-0.3, -0.25) is 9.78 Å². The molecular weight excluding hydrogens is 332 g/mol. The lowest BCUT2D eigenvalue weighted by Crippen LogP contribution is -2.60. The molecule has 2 aromatic heterocycles. The highest BCUT2D eigenvalue weighted by Gasteiger charge is 2.43. The molecule has 2 aliphatic heterocycles. The molecule has 0 aromatic carbocycles. The summed E-state index contributed by atoms with van der Waals surface area (Å²) in [6.07, 6.45) is 5.96. The van der Waals surface area contributed by atoms with Gasteiger partial charge in [-0.1, -0.05) is 5.16 Å². The van der Waals surface area contributed by atoms with Gasteiger partial charge in [-0.2, -0.15) is 10.2 Å². The number of carbonyl (C=O) groups is 1. The Morgan fingerprint density at radius 3 is 2.85 bits per heavy atom. The molecule has 1 aliphatic carbocycles. The molecule has 26 heavy (non-hydrogen) atoms. The van der Waals surface area contributed by atoms with E-state index in [1.165, 1.54) is 0 Å². The van der Waals surface area contributed by atoms with Crippen LogP contribution in [0, 0.1) is 11.3 Å². The SMILES string of the molecule is N#Cc1cnccc1N1CC(N2CC(c3nc(C4CC4)no3)CC2=O)C1. The molecule has 0 spiro atoms. The number of amides is 1. The second-order valence-electron chi connectivity index (χ2n) is 7.28. The molecule has 0 N–H and O–H groups in total. The second kappa shape index (κ2) is 5.80. The number of nitrogens with zero attached hydrogens (tertiary/aromatic N) is 6. The molecule has 8 nitrogen and oxygen atoms in total. The molecule has 2 aromatic rings. The zero-order chi connectivity index (χ0) is 17.7. The maximum absolute atomic E-state index is 12.5. The molecule has 1 unspecified atom stereocenters. The van der Waals surface area contributed by atoms with Gasteiger partial charge in [0, 0.05) is 44.4 Å². The molecular formula is C18H18N6O2. The first-order valence-electron chi connectivity index (χ1n) is 8.95. The Labute approximate surface area is 150 Å². The molecule has 0 bridgehead atoms. The first kappa shape index (κ1) is 15.3. The van der Waals surface area contributed by atoms with Crippen molar-refractivity contribution >= 4 is 11.6 Å². The van der Waals surface area contributed by atoms with Crippen LogP contribution in [0.4, 0.5) is 5.69 Å². The minimum absolute atomic E-state index is 0.00727. The molecule has 5 rings (SSSR count). The maximum Gasteiger partial charge on any atom is 0.232 e. The largest absolute Gasteiger partial charge is 0.366 e. The van der Waals surface area contributed by atoms with Crippen LogP contribution in [0.25, 0.3) is 0 Å². The van der Waals surface area contributed by atoms with Crippen molar-refractivity contribution in [2.45, 2.75) is 37.1 Å². The summed E-state index contributed by atoms with van der Waals surface area (Å²) in [5.74, 6) is 1.98. The summed E-state index contributed by atoms with van der Waals surface area (Å²) in [4.78, 5) is 25.0. The van der Waals surface area contributed by atoms with Crippen molar-refractivity contribution < 1.29 is 9.32 Å². The van der Waals surface area contributed by atoms with E-state index in [9.17, 15) is 10.1 Å². The van der Waals surface area contributed by atoms with Crippen LogP contribution in [-0.2, 0) is 4.79 Å². The number of likely N-dealkylation sites (tertiary alicyclic amines) is 1. The standard InChI is InChI=1S/C18H18N6O2/c19-6-13-7-20-4-3-15(13)23-9-14(10-23)24-8-12(5-16(24)25)18-21-17(22-26-18)11-1-2-11/h3-4,7,11-12,14H,1-2,5,8-10H2. The fraction of sp³-hybridized carbons (Fsp3) is 0.500. The minimum atomic E-state index is -0.00727. The van der Waals surface area contributed by atoms with Crippen LogP contribution in [0.2, 0.25) is 0 Å². The topological polar surface area (TPSA) is 99.2 Å². The third kappa shape index (κ3) is 2.51. The Balaban J connectivity index is 1.24. The molecule has 3 fully saturated rings. The molecule has 2 saturated heterocycles. The predicted octanol–water partition coefficient (Wildman–Crippen LogP) is 1.42. The first-order valence-corrected chi connectivity index (χ1v) is 8.95. The summed E-state index contributed by atoms with van der Waals surface area (Å²) in [6, 6.07) is 4.18. The van der Waals surface area contributed by atoms with Gasteiger partial charge in [-0.15, -0.1) is 0 Å². The minimum Gasteiger partial charge on any atom is -0.366 e. The second-order valence-corrected chi connectivity index (χ2v) is 7.28. The van der Waals surface area contributed by atoms with Crippen LogP contribution in [0.5, 0.6) is 0 Å². The predicted molar refractivity (Wildman–Crippen MR) is 90.3 cm³/mol. The third-order valence-electron chi connectivity index (χ3n) is 5.47. The lowest BCUT2D eigenvalue weighted by atomic mass is 10.0. The van der Waals surface area contributed by atoms with Crippen LogP contribution in [0.1, 0.15) is 48.4 Å². The summed E-state index contributed by atoms with van der Waals surface area (Å²) in [6.45, 7) is 2.09. The molecule has 1 saturated carbocycles. The normalized spacial score (nSPS) is 23.2. The van der Waals surface area contributed by atoms with Crippen molar-refractivity contribution in [2.24, 2.45) is 0 Å². The average Bonchev–Trinajstić information content (AvgIpc) is 3.23. The van der Waals surface area contributed by atoms with Gasteiger partial charge in [0.05, 0.1) is 23.2 Å². The van der Waals surface area contributed by atoms with Gasteiger partial charge < -0.3 is 14.3 Å². The van der Waals surface area contributed by atoms with E-state index in [4.69, 9.17) is 4.52 Å². The van der Waals surface area contributed by atoms with Gasteiger partial charge in [0.25, 0.3) is 0 Å². The highest BCUT2D eigenvalue weighted by molar-refractivity contribution is 5.80. The Hall–Kier alpha value is -2.95. The third-order valence-corrected chi connectivity index (χ3v) is 5.47. The lowest BCUT2D eigenvalue weighted by Gasteiger charge is -2.45. The fourth-order valence-electron chi connectivity index (χ4n) is 3.77. The number of hydrogen-bond acceptors (Lipinski definition) is 7. The first-order chi connectivity index (χ1) is 12.7. The zero-order valence-electron chi connectivity index (χ0n) is 14.2. The number of anilines is 1. The molecule has 0 radical (unpaired) electrons. The Bertz CT molecular complexity index is 893. The Kier molecular flexibility index (Phi) is 3.42. The van der Waals surface area contributed by atoms with E-state index in [1.807, 2.05) is 11.0 Å². The summed E-state index contributed by atoms with van der Waals surface area (Å²) < 4.78 is 5.41. The highest BCUT2D eigenvalue weighted by Crippen LogP contribution is 2.39. The van der Waals surface area contributed by atoms with Crippen molar-refractivity contribution in [1.29, 1.82) is 5.26 Å². The van der Waals surface area contributed by atoms with E-state index < -0.39 is 0 Å². The number of rotatable bonds is 4. The van der Waals surface area contributed by atoms with E-state index in [0.717, 1.165) is 37.4 Å². The van der Waals surface area contributed by atoms with Crippen LogP contribution < -0.4 is 4.90 Å². The number of pyridine rings is 1. The number of hydrogen-bond donors (Lipinski definition) is 0. The van der Waals surface area contributed by atoms with Crippen molar-refractivity contribution in [2.75, 3.05) is 24.5 Å². The zero-order valence-corrected chi connectivity index (χ0v) is 14.2. The van der Waals surface area contributed by atoms with E-state index in [1.54, 1.807) is 12.4 Å². The van der Waals surface area contributed by atoms with Crippen molar-refractivity contribution in [3.8, 4) is 6.07 Å². The molecule has 3 aliphatic rings. The quantitative estimate of drug-likeness (QED) is 0.822. The van der Waals surface area contributed by atoms with Crippen LogP contribution in [-0.4, -0.2) is 51.6 Å². The molecule has 1 amide bonds. The van der Waals surface area contributed by atoms with Gasteiger partial charge in [-0.25, -0.2) is 0 Å². The van der Waals surface area contributed by atoms with Crippen molar-refractivity contribution in [3.05, 3.63) is 35.7 Å². The van der Waals surface area contributed by atoms with E-state index in [-0.39, 0.29) is 17.9 Å². The lowest BCUT2D eigenvalue weighted by molar-refractivity contribution is -0.130. The van der Waals surface area contributed by atoms with Crippen LogP contribution in [0.3, 0.4) is 0 Å². The number of nitriles is 1. The van der Waals surface area contributed by atoms with E-state index in [2.05, 4.69) is 26.1 Å². The molecule has 132 valence electrons. The van der Waals surface area contributed by atoms with Gasteiger partial charge in [0.1, 0.15) is 6.07 Å². The molecule has 1 atom stereocenters. The summed E-state index contributed by atoms with van der Waals surface area (Å²) in [5, 5.41) is 13.3. The number of aromatic nitrogens is 3. The smallest absolute Gasteiger partial charge is 0.232 e. The Morgan fingerprint density at radius 2 is 2.08 bits per heavy atom. The van der Waals surface area contributed by atoms with Gasteiger partial charge in [0.15, 0.2) is 5.82 Å². The van der Waals surface area contributed by atoms with Crippen molar-refractivity contribution in [3.63, 3.8) is 0 Å². The summed E-state index contributed by atoms with van der Waals surface area (Å²) in [7, 11) is 0. The number of carbonyl (C=O) groups excluding carboxylic acids is 1. The fourth-order valence-corrected chi connectivity index (χ4v) is 3.77. The molecule has 8 heteroatoms. The average molecular weight is 350 g/mol. The maximum atomic E-state index is 12.5. The summed E-state index contributed by atoms with van der Waals surface area (Å²) >= 11 is 0. The molecule has 4 heterocycles.